The summed E-state index contributed by atoms with van der Waals surface area (Å²) in [6, 6.07) is 12.6. The molecule has 1 aromatic heterocycles. The van der Waals surface area contributed by atoms with Crippen molar-refractivity contribution < 1.29 is 4.39 Å². The van der Waals surface area contributed by atoms with E-state index < -0.39 is 5.69 Å². The number of nitrogens with one attached hydrogen (secondary N) is 1. The number of aromatic nitrogens is 2. The smallest absolute Gasteiger partial charge is 0.328 e. The van der Waals surface area contributed by atoms with Crippen LogP contribution in [0.15, 0.2) is 52.1 Å². The molecule has 2 bridgehead atoms. The van der Waals surface area contributed by atoms with E-state index in [0.717, 1.165) is 31.7 Å². The third-order valence-corrected chi connectivity index (χ3v) is 6.60. The standard InChI is InChI=1S/C22H22ClFN4O2/c23-19-7-2-6-18-20(19)25-22(30)27(21(18)29)9-3-8-26-12-17-11-16(26)13-28(17)15-5-1-4-14(24)10-15/h1-2,4-7,10,16-17H,3,8-9,11-13H2,(H,25,30). The first-order chi connectivity index (χ1) is 14.5. The highest BCUT2D eigenvalue weighted by Gasteiger charge is 2.42. The molecule has 0 amide bonds. The molecule has 2 saturated heterocycles. The molecule has 0 saturated carbocycles. The Balaban J connectivity index is 1.24. The second-order valence-electron chi connectivity index (χ2n) is 8.07. The van der Waals surface area contributed by atoms with Gasteiger partial charge in [-0.1, -0.05) is 23.7 Å². The summed E-state index contributed by atoms with van der Waals surface area (Å²) in [7, 11) is 0. The third kappa shape index (κ3) is 3.32. The van der Waals surface area contributed by atoms with Gasteiger partial charge in [-0.05, 0) is 43.2 Å². The lowest BCUT2D eigenvalue weighted by Crippen LogP contribution is -2.47. The normalized spacial score (nSPS) is 21.1. The Hall–Kier alpha value is -2.64. The van der Waals surface area contributed by atoms with Crippen LogP contribution in [0.5, 0.6) is 0 Å². The second-order valence-corrected chi connectivity index (χ2v) is 8.48. The topological polar surface area (TPSA) is 61.3 Å². The van der Waals surface area contributed by atoms with Gasteiger partial charge >= 0.3 is 5.69 Å². The fraction of sp³-hybridized carbons (Fsp3) is 0.364. The molecular formula is C22H22ClFN4O2. The summed E-state index contributed by atoms with van der Waals surface area (Å²) in [5.74, 6) is -0.209. The number of para-hydroxylation sites is 1. The van der Waals surface area contributed by atoms with Crippen LogP contribution in [0.25, 0.3) is 10.9 Å². The van der Waals surface area contributed by atoms with Crippen molar-refractivity contribution in [3.63, 3.8) is 0 Å². The van der Waals surface area contributed by atoms with Crippen molar-refractivity contribution in [2.75, 3.05) is 24.5 Å². The number of benzene rings is 2. The molecule has 2 aliphatic heterocycles. The monoisotopic (exact) mass is 428 g/mol. The maximum Gasteiger partial charge on any atom is 0.328 e. The van der Waals surface area contributed by atoms with Crippen molar-refractivity contribution in [1.82, 2.24) is 14.5 Å². The minimum Gasteiger partial charge on any atom is -0.366 e. The summed E-state index contributed by atoms with van der Waals surface area (Å²) < 4.78 is 14.8. The van der Waals surface area contributed by atoms with Gasteiger partial charge in [0.2, 0.25) is 0 Å². The third-order valence-electron chi connectivity index (χ3n) is 6.29. The van der Waals surface area contributed by atoms with E-state index in [-0.39, 0.29) is 11.4 Å². The lowest BCUT2D eigenvalue weighted by molar-refractivity contribution is 0.231. The highest BCUT2D eigenvalue weighted by Crippen LogP contribution is 2.34. The van der Waals surface area contributed by atoms with Crippen LogP contribution in [-0.2, 0) is 6.54 Å². The Morgan fingerprint density at radius 1 is 1.07 bits per heavy atom. The van der Waals surface area contributed by atoms with Crippen molar-refractivity contribution in [3.8, 4) is 0 Å². The van der Waals surface area contributed by atoms with Gasteiger partial charge in [-0.3, -0.25) is 14.3 Å². The number of hydrogen-bond acceptors (Lipinski definition) is 4. The highest BCUT2D eigenvalue weighted by molar-refractivity contribution is 6.34. The van der Waals surface area contributed by atoms with Gasteiger partial charge in [-0.15, -0.1) is 0 Å². The van der Waals surface area contributed by atoms with Crippen LogP contribution in [0.4, 0.5) is 10.1 Å². The van der Waals surface area contributed by atoms with Crippen LogP contribution >= 0.6 is 11.6 Å². The summed E-state index contributed by atoms with van der Waals surface area (Å²) in [6.45, 7) is 2.97. The van der Waals surface area contributed by atoms with Gasteiger partial charge in [0.05, 0.1) is 15.9 Å². The number of hydrogen-bond donors (Lipinski definition) is 1. The molecule has 1 N–H and O–H groups in total. The minimum atomic E-state index is -0.430. The summed E-state index contributed by atoms with van der Waals surface area (Å²) in [4.78, 5) is 32.5. The molecule has 3 aromatic rings. The molecule has 3 heterocycles. The van der Waals surface area contributed by atoms with Crippen LogP contribution in [0, 0.1) is 5.82 Å². The van der Waals surface area contributed by atoms with Crippen LogP contribution in [-0.4, -0.2) is 46.2 Å². The first-order valence-electron chi connectivity index (χ1n) is 10.2. The molecular weight excluding hydrogens is 407 g/mol. The zero-order valence-corrected chi connectivity index (χ0v) is 17.1. The van der Waals surface area contributed by atoms with Gasteiger partial charge in [0.1, 0.15) is 5.82 Å². The number of fused-ring (bicyclic) bond motifs is 3. The maximum absolute atomic E-state index is 13.6. The number of likely N-dealkylation sites (tertiary alicyclic amines) is 1. The quantitative estimate of drug-likeness (QED) is 0.679. The molecule has 2 aliphatic rings. The van der Waals surface area contributed by atoms with E-state index in [1.807, 2.05) is 6.07 Å². The molecule has 2 fully saturated rings. The number of aromatic amines is 1. The Kier molecular flexibility index (Phi) is 4.87. The molecule has 0 aliphatic carbocycles. The average molecular weight is 429 g/mol. The fourth-order valence-corrected chi connectivity index (χ4v) is 5.09. The Morgan fingerprint density at radius 2 is 1.90 bits per heavy atom. The lowest BCUT2D eigenvalue weighted by atomic mass is 10.2. The molecule has 2 aromatic carbocycles. The average Bonchev–Trinajstić information content (AvgIpc) is 3.32. The summed E-state index contributed by atoms with van der Waals surface area (Å²) in [5.41, 5.74) is 0.590. The van der Waals surface area contributed by atoms with E-state index in [4.69, 9.17) is 11.6 Å². The van der Waals surface area contributed by atoms with Crippen molar-refractivity contribution >= 4 is 28.2 Å². The molecule has 6 nitrogen and oxygen atoms in total. The highest BCUT2D eigenvalue weighted by atomic mass is 35.5. The van der Waals surface area contributed by atoms with Gasteiger partial charge in [0.15, 0.2) is 0 Å². The Morgan fingerprint density at radius 3 is 2.67 bits per heavy atom. The van der Waals surface area contributed by atoms with Gasteiger partial charge in [-0.25, -0.2) is 9.18 Å². The van der Waals surface area contributed by atoms with E-state index in [2.05, 4.69) is 14.8 Å². The van der Waals surface area contributed by atoms with Crippen LogP contribution < -0.4 is 16.1 Å². The van der Waals surface area contributed by atoms with Crippen LogP contribution in [0.1, 0.15) is 12.8 Å². The molecule has 2 atom stereocenters. The second kappa shape index (κ2) is 7.56. The zero-order chi connectivity index (χ0) is 20.8. The number of nitrogens with zero attached hydrogens (tertiary/aromatic N) is 3. The number of rotatable bonds is 5. The van der Waals surface area contributed by atoms with Crippen molar-refractivity contribution in [1.29, 1.82) is 0 Å². The Labute approximate surface area is 177 Å². The number of H-pyrrole nitrogens is 1. The van der Waals surface area contributed by atoms with E-state index >= 15 is 0 Å². The predicted octanol–water partition coefficient (Wildman–Crippen LogP) is 2.84. The van der Waals surface area contributed by atoms with E-state index in [9.17, 15) is 14.0 Å². The Bertz CT molecular complexity index is 1220. The molecule has 8 heteroatoms. The number of halogens is 2. The molecule has 5 rings (SSSR count). The van der Waals surface area contributed by atoms with Crippen LogP contribution in [0.3, 0.4) is 0 Å². The zero-order valence-electron chi connectivity index (χ0n) is 16.4. The van der Waals surface area contributed by atoms with Crippen LogP contribution in [0.2, 0.25) is 5.02 Å². The first kappa shape index (κ1) is 19.3. The summed E-state index contributed by atoms with van der Waals surface area (Å²) in [6.07, 6.45) is 1.77. The lowest BCUT2D eigenvalue weighted by Gasteiger charge is -2.35. The number of anilines is 1. The molecule has 156 valence electrons. The van der Waals surface area contributed by atoms with Crippen molar-refractivity contribution in [3.05, 3.63) is 74.1 Å². The maximum atomic E-state index is 13.6. The van der Waals surface area contributed by atoms with Gasteiger partial charge in [-0.2, -0.15) is 0 Å². The SMILES string of the molecule is O=c1[nH]c2c(Cl)cccc2c(=O)n1CCCN1CC2CC1CN2c1cccc(F)c1. The van der Waals surface area contributed by atoms with E-state index in [1.54, 1.807) is 30.3 Å². The molecule has 2 unspecified atom stereocenters. The van der Waals surface area contributed by atoms with Crippen molar-refractivity contribution in [2.24, 2.45) is 0 Å². The van der Waals surface area contributed by atoms with Gasteiger partial charge in [0.25, 0.3) is 5.56 Å². The minimum absolute atomic E-state index is 0.209. The number of piperazine rings is 1. The molecule has 30 heavy (non-hydrogen) atoms. The molecule has 0 radical (unpaired) electrons. The predicted molar refractivity (Wildman–Crippen MR) is 116 cm³/mol. The fourth-order valence-electron chi connectivity index (χ4n) is 4.87. The van der Waals surface area contributed by atoms with Crippen molar-refractivity contribution in [2.45, 2.75) is 31.5 Å². The van der Waals surface area contributed by atoms with Gasteiger partial charge < -0.3 is 9.88 Å². The first-order valence-corrected chi connectivity index (χ1v) is 10.6. The largest absolute Gasteiger partial charge is 0.366 e. The van der Waals surface area contributed by atoms with Gasteiger partial charge in [0, 0.05) is 44.0 Å². The summed E-state index contributed by atoms with van der Waals surface area (Å²) >= 11 is 6.09. The molecule has 0 spiro atoms. The van der Waals surface area contributed by atoms with E-state index in [0.29, 0.717) is 41.0 Å². The van der Waals surface area contributed by atoms with E-state index in [1.165, 1.54) is 10.6 Å². The summed E-state index contributed by atoms with van der Waals surface area (Å²) in [5, 5.41) is 0.790.